The molecule has 0 radical (unpaired) electrons. The van der Waals surface area contributed by atoms with Gasteiger partial charge in [-0.05, 0) is 45.7 Å². The zero-order chi connectivity index (χ0) is 18.1. The number of rotatable bonds is 7. The van der Waals surface area contributed by atoms with E-state index in [1.807, 2.05) is 26.0 Å². The Labute approximate surface area is 149 Å². The van der Waals surface area contributed by atoms with Crippen LogP contribution in [-0.2, 0) is 9.53 Å². The molecule has 0 spiro atoms. The zero-order valence-electron chi connectivity index (χ0n) is 15.4. The van der Waals surface area contributed by atoms with Crippen LogP contribution in [-0.4, -0.2) is 48.7 Å². The molecule has 2 heterocycles. The molecule has 138 valence electrons. The van der Waals surface area contributed by atoms with Gasteiger partial charge in [0.15, 0.2) is 5.96 Å². The van der Waals surface area contributed by atoms with Crippen molar-refractivity contribution in [3.05, 3.63) is 23.9 Å². The second kappa shape index (κ2) is 9.36. The van der Waals surface area contributed by atoms with Gasteiger partial charge in [0, 0.05) is 31.8 Å². The van der Waals surface area contributed by atoms with Crippen LogP contribution in [0.15, 0.2) is 23.2 Å². The number of nitrogens with one attached hydrogen (secondary N) is 3. The molecule has 0 bridgehead atoms. The molecule has 7 heteroatoms. The first-order chi connectivity index (χ1) is 12.0. The van der Waals surface area contributed by atoms with E-state index in [0.717, 1.165) is 31.7 Å². The minimum absolute atomic E-state index is 0.0764. The molecule has 1 unspecified atom stereocenters. The third-order valence-electron chi connectivity index (χ3n) is 4.02. The fourth-order valence-corrected chi connectivity index (χ4v) is 2.66. The largest absolute Gasteiger partial charge is 0.373 e. The van der Waals surface area contributed by atoms with E-state index in [-0.39, 0.29) is 11.5 Å². The van der Waals surface area contributed by atoms with Crippen molar-refractivity contribution in [2.75, 3.05) is 31.6 Å². The summed E-state index contributed by atoms with van der Waals surface area (Å²) in [5.74, 6) is 1.21. The standard InChI is InChI=1S/C18H29N5O2/c1-4-19-17(21-13-18(3)10-6-12-25-18)20-11-9-16(24)23-15-8-5-7-14(2)22-15/h5,7-8H,4,6,9-13H2,1-3H3,(H2,19,20,21)(H,22,23,24). The highest BCUT2D eigenvalue weighted by atomic mass is 16.5. The van der Waals surface area contributed by atoms with Crippen LogP contribution in [0.4, 0.5) is 5.82 Å². The minimum atomic E-state index is -0.170. The van der Waals surface area contributed by atoms with E-state index in [4.69, 9.17) is 4.74 Å². The van der Waals surface area contributed by atoms with Crippen molar-refractivity contribution in [1.82, 2.24) is 15.6 Å². The monoisotopic (exact) mass is 347 g/mol. The fourth-order valence-electron chi connectivity index (χ4n) is 2.66. The van der Waals surface area contributed by atoms with Gasteiger partial charge in [0.1, 0.15) is 5.82 Å². The number of aromatic nitrogens is 1. The Hall–Kier alpha value is -2.15. The molecule has 1 aromatic heterocycles. The summed E-state index contributed by atoms with van der Waals surface area (Å²) in [6, 6.07) is 5.55. The lowest BCUT2D eigenvalue weighted by Crippen LogP contribution is -2.40. The van der Waals surface area contributed by atoms with E-state index in [2.05, 4.69) is 32.9 Å². The highest BCUT2D eigenvalue weighted by Crippen LogP contribution is 2.24. The molecular formula is C18H29N5O2. The maximum atomic E-state index is 12.0. The maximum Gasteiger partial charge on any atom is 0.227 e. The number of carbonyl (C=O) groups is 1. The van der Waals surface area contributed by atoms with Crippen LogP contribution in [0.3, 0.4) is 0 Å². The summed E-state index contributed by atoms with van der Waals surface area (Å²) in [6.07, 6.45) is 2.46. The van der Waals surface area contributed by atoms with Crippen LogP contribution in [0.5, 0.6) is 0 Å². The van der Waals surface area contributed by atoms with E-state index >= 15 is 0 Å². The van der Waals surface area contributed by atoms with Gasteiger partial charge < -0.3 is 20.7 Å². The number of guanidine groups is 1. The van der Waals surface area contributed by atoms with Gasteiger partial charge in [-0.3, -0.25) is 9.79 Å². The molecule has 0 aromatic carbocycles. The van der Waals surface area contributed by atoms with Crippen LogP contribution >= 0.6 is 0 Å². The molecule has 1 saturated heterocycles. The molecule has 1 fully saturated rings. The first-order valence-corrected chi connectivity index (χ1v) is 8.90. The highest BCUT2D eigenvalue weighted by Gasteiger charge is 2.29. The molecule has 0 saturated carbocycles. The minimum Gasteiger partial charge on any atom is -0.373 e. The molecule has 7 nitrogen and oxygen atoms in total. The fraction of sp³-hybridized carbons (Fsp3) is 0.611. The van der Waals surface area contributed by atoms with E-state index < -0.39 is 0 Å². The number of pyridine rings is 1. The van der Waals surface area contributed by atoms with E-state index in [0.29, 0.717) is 31.3 Å². The van der Waals surface area contributed by atoms with E-state index in [1.54, 1.807) is 6.07 Å². The zero-order valence-corrected chi connectivity index (χ0v) is 15.4. The van der Waals surface area contributed by atoms with Crippen LogP contribution < -0.4 is 16.0 Å². The van der Waals surface area contributed by atoms with Crippen molar-refractivity contribution in [1.29, 1.82) is 0 Å². The van der Waals surface area contributed by atoms with Gasteiger partial charge in [-0.25, -0.2) is 4.98 Å². The molecule has 2 rings (SSSR count). The summed E-state index contributed by atoms with van der Waals surface area (Å²) in [4.78, 5) is 20.9. The topological polar surface area (TPSA) is 87.6 Å². The van der Waals surface area contributed by atoms with Crippen molar-refractivity contribution in [3.63, 3.8) is 0 Å². The Morgan fingerprint density at radius 2 is 2.24 bits per heavy atom. The number of hydrogen-bond donors (Lipinski definition) is 3. The quantitative estimate of drug-likeness (QED) is 0.517. The molecule has 1 atom stereocenters. The molecule has 0 aliphatic carbocycles. The number of aliphatic imine (C=N–C) groups is 1. The number of aryl methyl sites for hydroxylation is 1. The molecule has 1 aliphatic rings. The summed E-state index contributed by atoms with van der Waals surface area (Å²) < 4.78 is 5.75. The van der Waals surface area contributed by atoms with Gasteiger partial charge in [0.25, 0.3) is 0 Å². The summed E-state index contributed by atoms with van der Waals surface area (Å²) in [5, 5.41) is 9.19. The van der Waals surface area contributed by atoms with Gasteiger partial charge >= 0.3 is 0 Å². The highest BCUT2D eigenvalue weighted by molar-refractivity contribution is 5.90. The Balaban J connectivity index is 1.77. The molecule has 1 aromatic rings. The van der Waals surface area contributed by atoms with Gasteiger partial charge in [0.05, 0.1) is 12.1 Å². The first-order valence-electron chi connectivity index (χ1n) is 8.90. The van der Waals surface area contributed by atoms with Crippen LogP contribution in [0, 0.1) is 6.92 Å². The SMILES string of the molecule is CCNC(=NCC1(C)CCCO1)NCCC(=O)Nc1cccc(C)n1. The van der Waals surface area contributed by atoms with Crippen LogP contribution in [0.1, 0.15) is 38.8 Å². The number of nitrogens with zero attached hydrogens (tertiary/aromatic N) is 2. The van der Waals surface area contributed by atoms with Gasteiger partial charge in [0.2, 0.25) is 5.91 Å². The number of hydrogen-bond acceptors (Lipinski definition) is 4. The van der Waals surface area contributed by atoms with Crippen molar-refractivity contribution in [2.45, 2.75) is 45.6 Å². The summed E-state index contributed by atoms with van der Waals surface area (Å²) in [6.45, 7) is 8.69. The lowest BCUT2D eigenvalue weighted by molar-refractivity contribution is -0.116. The average Bonchev–Trinajstić information content (AvgIpc) is 3.00. The van der Waals surface area contributed by atoms with Crippen molar-refractivity contribution >= 4 is 17.7 Å². The van der Waals surface area contributed by atoms with Crippen LogP contribution in [0.2, 0.25) is 0 Å². The Morgan fingerprint density at radius 1 is 1.40 bits per heavy atom. The van der Waals surface area contributed by atoms with Crippen LogP contribution in [0.25, 0.3) is 0 Å². The Morgan fingerprint density at radius 3 is 2.92 bits per heavy atom. The third-order valence-corrected chi connectivity index (χ3v) is 4.02. The molecule has 3 N–H and O–H groups in total. The number of anilines is 1. The smallest absolute Gasteiger partial charge is 0.227 e. The van der Waals surface area contributed by atoms with Gasteiger partial charge in [-0.15, -0.1) is 0 Å². The number of ether oxygens (including phenoxy) is 1. The first kappa shape index (κ1) is 19.2. The van der Waals surface area contributed by atoms with Gasteiger partial charge in [-0.2, -0.15) is 0 Å². The van der Waals surface area contributed by atoms with Crippen molar-refractivity contribution in [3.8, 4) is 0 Å². The maximum absolute atomic E-state index is 12.0. The summed E-state index contributed by atoms with van der Waals surface area (Å²) in [7, 11) is 0. The second-order valence-corrected chi connectivity index (χ2v) is 6.49. The van der Waals surface area contributed by atoms with E-state index in [1.165, 1.54) is 0 Å². The number of amides is 1. The molecule has 1 amide bonds. The van der Waals surface area contributed by atoms with Gasteiger partial charge in [-0.1, -0.05) is 6.07 Å². The van der Waals surface area contributed by atoms with E-state index in [9.17, 15) is 4.79 Å². The normalized spacial score (nSPS) is 20.4. The lowest BCUT2D eigenvalue weighted by atomic mass is 10.0. The summed E-state index contributed by atoms with van der Waals surface area (Å²) in [5.41, 5.74) is 0.705. The molecule has 1 aliphatic heterocycles. The lowest BCUT2D eigenvalue weighted by Gasteiger charge is -2.21. The van der Waals surface area contributed by atoms with Crippen molar-refractivity contribution in [2.24, 2.45) is 4.99 Å². The second-order valence-electron chi connectivity index (χ2n) is 6.49. The summed E-state index contributed by atoms with van der Waals surface area (Å²) >= 11 is 0. The predicted octanol–water partition coefficient (Wildman–Crippen LogP) is 1.84. The Kier molecular flexibility index (Phi) is 7.18. The third kappa shape index (κ3) is 6.70. The average molecular weight is 347 g/mol. The van der Waals surface area contributed by atoms with Crippen molar-refractivity contribution < 1.29 is 9.53 Å². The predicted molar refractivity (Wildman–Crippen MR) is 99.8 cm³/mol. The molecular weight excluding hydrogens is 318 g/mol. The molecule has 25 heavy (non-hydrogen) atoms. The Bertz CT molecular complexity index is 597. The number of carbonyl (C=O) groups excluding carboxylic acids is 1.